The van der Waals surface area contributed by atoms with Gasteiger partial charge < -0.3 is 20.3 Å². The Morgan fingerprint density at radius 3 is 2.67 bits per heavy atom. The van der Waals surface area contributed by atoms with Crippen LogP contribution in [0.4, 0.5) is 0 Å². The predicted molar refractivity (Wildman–Crippen MR) is 132 cm³/mol. The number of aliphatic imine (C=N–C) groups is 1. The van der Waals surface area contributed by atoms with E-state index in [9.17, 15) is 4.79 Å². The molecular formula is C23H37IN4O2. The molecule has 1 aliphatic heterocycles. The van der Waals surface area contributed by atoms with Crippen molar-refractivity contribution < 1.29 is 9.53 Å². The van der Waals surface area contributed by atoms with Gasteiger partial charge >= 0.3 is 0 Å². The molecule has 3 rings (SSSR count). The molecule has 2 fully saturated rings. The Bertz CT molecular complexity index is 650. The third-order valence-electron chi connectivity index (χ3n) is 5.76. The van der Waals surface area contributed by atoms with E-state index in [0.29, 0.717) is 25.7 Å². The number of guanidine groups is 1. The van der Waals surface area contributed by atoms with E-state index in [1.807, 2.05) is 18.2 Å². The lowest BCUT2D eigenvalue weighted by molar-refractivity contribution is -0.135. The third kappa shape index (κ3) is 8.06. The van der Waals surface area contributed by atoms with Crippen molar-refractivity contribution in [3.05, 3.63) is 35.9 Å². The number of carbonyl (C=O) groups excluding carboxylic acids is 1. The highest BCUT2D eigenvalue weighted by atomic mass is 127. The van der Waals surface area contributed by atoms with Crippen LogP contribution in [0.2, 0.25) is 0 Å². The Morgan fingerprint density at radius 1 is 1.17 bits per heavy atom. The van der Waals surface area contributed by atoms with Crippen LogP contribution < -0.4 is 10.6 Å². The molecule has 1 amide bonds. The van der Waals surface area contributed by atoms with E-state index in [-0.39, 0.29) is 35.9 Å². The molecule has 6 nitrogen and oxygen atoms in total. The minimum Gasteiger partial charge on any atom is -0.375 e. The number of nitrogens with zero attached hydrogens (tertiary/aromatic N) is 2. The molecule has 1 heterocycles. The normalized spacial score (nSPS) is 20.0. The maximum Gasteiger partial charge on any atom is 0.225 e. The number of hydrogen-bond acceptors (Lipinski definition) is 3. The Morgan fingerprint density at radius 2 is 1.93 bits per heavy atom. The fraction of sp³-hybridized carbons (Fsp3) is 0.652. The Labute approximate surface area is 198 Å². The number of halogens is 1. The molecule has 1 aliphatic carbocycles. The average molecular weight is 528 g/mol. The summed E-state index contributed by atoms with van der Waals surface area (Å²) in [5, 5.41) is 6.81. The average Bonchev–Trinajstić information content (AvgIpc) is 3.23. The van der Waals surface area contributed by atoms with Crippen LogP contribution in [0, 0.1) is 5.92 Å². The first-order chi connectivity index (χ1) is 14.3. The van der Waals surface area contributed by atoms with Gasteiger partial charge in [-0.2, -0.15) is 0 Å². The summed E-state index contributed by atoms with van der Waals surface area (Å²) in [5.74, 6) is 1.43. The Balaban J connectivity index is 0.00000320. The van der Waals surface area contributed by atoms with E-state index in [4.69, 9.17) is 4.74 Å². The number of hydrogen-bond donors (Lipinski definition) is 2. The van der Waals surface area contributed by atoms with Crippen LogP contribution in [-0.2, 0) is 16.1 Å². The molecule has 2 N–H and O–H groups in total. The molecule has 2 aliphatic rings. The number of ether oxygens (including phenoxy) is 1. The van der Waals surface area contributed by atoms with Crippen LogP contribution in [0.3, 0.4) is 0 Å². The first-order valence-electron chi connectivity index (χ1n) is 11.2. The van der Waals surface area contributed by atoms with Crippen molar-refractivity contribution >= 4 is 35.8 Å². The van der Waals surface area contributed by atoms with Crippen molar-refractivity contribution in [2.24, 2.45) is 10.9 Å². The molecule has 0 radical (unpaired) electrons. The van der Waals surface area contributed by atoms with Crippen LogP contribution in [0.15, 0.2) is 35.3 Å². The highest BCUT2D eigenvalue weighted by Crippen LogP contribution is 2.26. The molecular weight excluding hydrogens is 491 g/mol. The Kier molecular flexibility index (Phi) is 11.5. The number of rotatable bonds is 8. The van der Waals surface area contributed by atoms with Gasteiger partial charge in [-0.3, -0.25) is 9.79 Å². The fourth-order valence-corrected chi connectivity index (χ4v) is 4.19. The zero-order valence-electron chi connectivity index (χ0n) is 18.1. The van der Waals surface area contributed by atoms with Crippen LogP contribution in [0.5, 0.6) is 0 Å². The Hall–Kier alpha value is -1.35. The minimum absolute atomic E-state index is 0. The maximum absolute atomic E-state index is 12.8. The molecule has 7 heteroatoms. The van der Waals surface area contributed by atoms with E-state index in [0.717, 1.165) is 44.9 Å². The zero-order chi connectivity index (χ0) is 20.3. The topological polar surface area (TPSA) is 66.0 Å². The summed E-state index contributed by atoms with van der Waals surface area (Å²) in [6, 6.07) is 10.5. The van der Waals surface area contributed by atoms with Crippen molar-refractivity contribution in [2.75, 3.05) is 32.8 Å². The lowest BCUT2D eigenvalue weighted by atomic mass is 9.88. The monoisotopic (exact) mass is 528 g/mol. The maximum atomic E-state index is 12.8. The molecule has 1 aromatic carbocycles. The summed E-state index contributed by atoms with van der Waals surface area (Å²) in [5.41, 5.74) is 1.18. The van der Waals surface area contributed by atoms with E-state index in [1.165, 1.54) is 24.8 Å². The van der Waals surface area contributed by atoms with E-state index >= 15 is 0 Å². The van der Waals surface area contributed by atoms with E-state index < -0.39 is 0 Å². The molecule has 168 valence electrons. The largest absolute Gasteiger partial charge is 0.375 e. The molecule has 1 saturated heterocycles. The molecule has 30 heavy (non-hydrogen) atoms. The van der Waals surface area contributed by atoms with Crippen molar-refractivity contribution in [1.82, 2.24) is 15.5 Å². The third-order valence-corrected chi connectivity index (χ3v) is 5.76. The van der Waals surface area contributed by atoms with Gasteiger partial charge in [0.25, 0.3) is 0 Å². The fourth-order valence-electron chi connectivity index (χ4n) is 4.19. The molecule has 0 aromatic heterocycles. The molecule has 1 saturated carbocycles. The molecule has 1 unspecified atom stereocenters. The second kappa shape index (κ2) is 13.9. The SMILES string of the molecule is CCNC(=NCCOCc1ccccc1)NC1CCN(C(=O)C2CCCCC2)C1.I. The van der Waals surface area contributed by atoms with Crippen molar-refractivity contribution in [1.29, 1.82) is 0 Å². The van der Waals surface area contributed by atoms with Crippen LogP contribution in [0.25, 0.3) is 0 Å². The van der Waals surface area contributed by atoms with Gasteiger partial charge in [0.1, 0.15) is 0 Å². The first kappa shape index (κ1) is 24.9. The van der Waals surface area contributed by atoms with Crippen LogP contribution in [-0.4, -0.2) is 55.6 Å². The quantitative estimate of drug-likeness (QED) is 0.235. The van der Waals surface area contributed by atoms with Crippen LogP contribution in [0.1, 0.15) is 51.0 Å². The van der Waals surface area contributed by atoms with Gasteiger partial charge in [-0.25, -0.2) is 0 Å². The summed E-state index contributed by atoms with van der Waals surface area (Å²) in [7, 11) is 0. The van der Waals surface area contributed by atoms with E-state index in [2.05, 4.69) is 39.6 Å². The molecule has 1 aromatic rings. The first-order valence-corrected chi connectivity index (χ1v) is 11.2. The number of carbonyl (C=O) groups is 1. The number of benzene rings is 1. The standard InChI is InChI=1S/C23H36N4O2.HI/c1-2-24-23(25-14-16-29-18-19-9-5-3-6-10-19)26-21-13-15-27(17-21)22(28)20-11-7-4-8-12-20;/h3,5-6,9-10,20-21H,2,4,7-8,11-18H2,1H3,(H2,24,25,26);1H. The molecule has 1 atom stereocenters. The van der Waals surface area contributed by atoms with Crippen molar-refractivity contribution in [3.8, 4) is 0 Å². The van der Waals surface area contributed by atoms with Gasteiger partial charge in [-0.1, -0.05) is 49.6 Å². The zero-order valence-corrected chi connectivity index (χ0v) is 20.5. The predicted octanol–water partition coefficient (Wildman–Crippen LogP) is 3.56. The van der Waals surface area contributed by atoms with E-state index in [1.54, 1.807) is 0 Å². The summed E-state index contributed by atoms with van der Waals surface area (Å²) in [4.78, 5) is 19.4. The highest BCUT2D eigenvalue weighted by Gasteiger charge is 2.31. The summed E-state index contributed by atoms with van der Waals surface area (Å²) >= 11 is 0. The number of likely N-dealkylation sites (tertiary alicyclic amines) is 1. The highest BCUT2D eigenvalue weighted by molar-refractivity contribution is 14.0. The van der Waals surface area contributed by atoms with Crippen LogP contribution >= 0.6 is 24.0 Å². The second-order valence-corrected chi connectivity index (χ2v) is 8.05. The van der Waals surface area contributed by atoms with Crippen molar-refractivity contribution in [3.63, 3.8) is 0 Å². The lowest BCUT2D eigenvalue weighted by Crippen LogP contribution is -2.45. The van der Waals surface area contributed by atoms with Gasteiger partial charge in [-0.15, -0.1) is 24.0 Å². The van der Waals surface area contributed by atoms with Gasteiger partial charge in [-0.05, 0) is 31.7 Å². The molecule has 0 bridgehead atoms. The lowest BCUT2D eigenvalue weighted by Gasteiger charge is -2.26. The summed E-state index contributed by atoms with van der Waals surface area (Å²) in [6.07, 6.45) is 6.81. The van der Waals surface area contributed by atoms with Gasteiger partial charge in [0.05, 0.1) is 19.8 Å². The van der Waals surface area contributed by atoms with Gasteiger partial charge in [0, 0.05) is 31.6 Å². The van der Waals surface area contributed by atoms with Crippen molar-refractivity contribution in [2.45, 2.75) is 58.1 Å². The number of nitrogens with one attached hydrogen (secondary N) is 2. The smallest absolute Gasteiger partial charge is 0.225 e. The molecule has 0 spiro atoms. The number of amides is 1. The summed E-state index contributed by atoms with van der Waals surface area (Å²) < 4.78 is 5.72. The van der Waals surface area contributed by atoms with Gasteiger partial charge in [0.2, 0.25) is 5.91 Å². The summed E-state index contributed by atoms with van der Waals surface area (Å²) in [6.45, 7) is 6.32. The minimum atomic E-state index is 0. The second-order valence-electron chi connectivity index (χ2n) is 8.05. The van der Waals surface area contributed by atoms with Gasteiger partial charge in [0.15, 0.2) is 5.96 Å².